The van der Waals surface area contributed by atoms with Gasteiger partial charge < -0.3 is 4.90 Å². The molecular weight excluding hydrogens is 246 g/mol. The largest absolute Gasteiger partial charge is 0.303 e. The van der Waals surface area contributed by atoms with Crippen molar-refractivity contribution in [3.8, 4) is 0 Å². The Morgan fingerprint density at radius 1 is 1.15 bits per heavy atom. The predicted octanol–water partition coefficient (Wildman–Crippen LogP) is 4.00. The topological polar surface area (TPSA) is 20.3 Å². The third-order valence-electron chi connectivity index (χ3n) is 4.31. The monoisotopic (exact) mass is 273 g/mol. The molecule has 1 aromatic rings. The minimum Gasteiger partial charge on any atom is -0.303 e. The third kappa shape index (κ3) is 4.45. The highest BCUT2D eigenvalue weighted by atomic mass is 16.1. The molecule has 0 saturated carbocycles. The van der Waals surface area contributed by atoms with Crippen LogP contribution in [0.4, 0.5) is 0 Å². The molecule has 0 aliphatic carbocycles. The van der Waals surface area contributed by atoms with Crippen LogP contribution in [0.15, 0.2) is 18.2 Å². The van der Waals surface area contributed by atoms with E-state index in [0.29, 0.717) is 6.42 Å². The second-order valence-electron chi connectivity index (χ2n) is 6.43. The molecule has 110 valence electrons. The van der Waals surface area contributed by atoms with E-state index in [0.717, 1.165) is 31.1 Å². The van der Waals surface area contributed by atoms with Crippen LogP contribution in [0.3, 0.4) is 0 Å². The van der Waals surface area contributed by atoms with Crippen molar-refractivity contribution in [1.82, 2.24) is 4.90 Å². The molecule has 1 atom stereocenters. The summed E-state index contributed by atoms with van der Waals surface area (Å²) >= 11 is 0. The van der Waals surface area contributed by atoms with Crippen LogP contribution in [0.25, 0.3) is 0 Å². The molecule has 0 aromatic heterocycles. The molecule has 0 amide bonds. The van der Waals surface area contributed by atoms with Crippen molar-refractivity contribution < 1.29 is 4.79 Å². The lowest BCUT2D eigenvalue weighted by Gasteiger charge is -2.19. The number of hydrogen-bond acceptors (Lipinski definition) is 2. The normalized spacial score (nSPS) is 20.6. The number of aryl methyl sites for hydroxylation is 2. The number of hydrogen-bond donors (Lipinski definition) is 0. The maximum atomic E-state index is 12.3. The molecule has 2 nitrogen and oxygen atoms in total. The molecule has 0 radical (unpaired) electrons. The maximum Gasteiger partial charge on any atom is 0.164 e. The highest BCUT2D eigenvalue weighted by molar-refractivity contribution is 5.96. The Balaban J connectivity index is 1.88. The van der Waals surface area contributed by atoms with Gasteiger partial charge in [-0.1, -0.05) is 24.1 Å². The molecule has 1 aliphatic rings. The van der Waals surface area contributed by atoms with E-state index in [1.54, 1.807) is 0 Å². The van der Waals surface area contributed by atoms with E-state index >= 15 is 0 Å². The van der Waals surface area contributed by atoms with Gasteiger partial charge in [-0.05, 0) is 64.3 Å². The standard InChI is InChI=1S/C18H27NO/c1-14-5-4-8-19(9-6-14)10-7-18(20)17-12-15(2)11-16(3)13-17/h11-14H,4-10H2,1-3H3. The van der Waals surface area contributed by atoms with Crippen LogP contribution in [0.2, 0.25) is 0 Å². The average molecular weight is 273 g/mol. The SMILES string of the molecule is Cc1cc(C)cc(C(=O)CCN2CCCC(C)CC2)c1. The van der Waals surface area contributed by atoms with Crippen LogP contribution in [0.5, 0.6) is 0 Å². The number of ketones is 1. The van der Waals surface area contributed by atoms with Crippen LogP contribution in [0.1, 0.15) is 54.1 Å². The van der Waals surface area contributed by atoms with E-state index in [-0.39, 0.29) is 5.78 Å². The van der Waals surface area contributed by atoms with E-state index in [2.05, 4.69) is 31.7 Å². The summed E-state index contributed by atoms with van der Waals surface area (Å²) in [5.74, 6) is 1.13. The Morgan fingerprint density at radius 3 is 2.55 bits per heavy atom. The minimum absolute atomic E-state index is 0.286. The van der Waals surface area contributed by atoms with E-state index in [4.69, 9.17) is 0 Å². The van der Waals surface area contributed by atoms with E-state index in [1.807, 2.05) is 12.1 Å². The van der Waals surface area contributed by atoms with Gasteiger partial charge in [0.25, 0.3) is 0 Å². The number of Topliss-reactive ketones (excluding diaryl/α,β-unsaturated/α-hetero) is 1. The van der Waals surface area contributed by atoms with E-state index < -0.39 is 0 Å². The Labute approximate surface area is 123 Å². The lowest BCUT2D eigenvalue weighted by atomic mass is 10.0. The average Bonchev–Trinajstić information content (AvgIpc) is 2.59. The van der Waals surface area contributed by atoms with Gasteiger partial charge in [-0.2, -0.15) is 0 Å². The zero-order valence-electron chi connectivity index (χ0n) is 13.1. The van der Waals surface area contributed by atoms with Crippen molar-refractivity contribution in [2.24, 2.45) is 5.92 Å². The van der Waals surface area contributed by atoms with Gasteiger partial charge >= 0.3 is 0 Å². The zero-order valence-corrected chi connectivity index (χ0v) is 13.1. The third-order valence-corrected chi connectivity index (χ3v) is 4.31. The van der Waals surface area contributed by atoms with Crippen molar-refractivity contribution in [3.05, 3.63) is 34.9 Å². The lowest BCUT2D eigenvalue weighted by Crippen LogP contribution is -2.27. The van der Waals surface area contributed by atoms with Gasteiger partial charge in [0.1, 0.15) is 0 Å². The summed E-state index contributed by atoms with van der Waals surface area (Å²) < 4.78 is 0. The van der Waals surface area contributed by atoms with Crippen molar-refractivity contribution in [2.75, 3.05) is 19.6 Å². The predicted molar refractivity (Wildman–Crippen MR) is 84.3 cm³/mol. The number of benzene rings is 1. The molecule has 1 saturated heterocycles. The fourth-order valence-electron chi connectivity index (χ4n) is 3.09. The van der Waals surface area contributed by atoms with Crippen molar-refractivity contribution in [3.63, 3.8) is 0 Å². The second kappa shape index (κ2) is 7.03. The summed E-state index contributed by atoms with van der Waals surface area (Å²) in [6.07, 6.45) is 4.54. The molecule has 0 spiro atoms. The van der Waals surface area contributed by atoms with E-state index in [1.165, 1.54) is 30.4 Å². The number of carbonyl (C=O) groups excluding carboxylic acids is 1. The first-order chi connectivity index (χ1) is 9.54. The molecule has 1 aliphatic heterocycles. The molecule has 2 rings (SSSR count). The van der Waals surface area contributed by atoms with Crippen LogP contribution in [-0.4, -0.2) is 30.3 Å². The smallest absolute Gasteiger partial charge is 0.164 e. The van der Waals surface area contributed by atoms with Crippen LogP contribution in [-0.2, 0) is 0 Å². The highest BCUT2D eigenvalue weighted by Crippen LogP contribution is 2.17. The summed E-state index contributed by atoms with van der Waals surface area (Å²) in [6, 6.07) is 6.15. The Morgan fingerprint density at radius 2 is 1.85 bits per heavy atom. The van der Waals surface area contributed by atoms with Gasteiger partial charge in [-0.15, -0.1) is 0 Å². The summed E-state index contributed by atoms with van der Waals surface area (Å²) in [5.41, 5.74) is 3.24. The van der Waals surface area contributed by atoms with Gasteiger partial charge in [0, 0.05) is 18.5 Å². The Bertz CT molecular complexity index is 446. The van der Waals surface area contributed by atoms with E-state index in [9.17, 15) is 4.79 Å². The van der Waals surface area contributed by atoms with Gasteiger partial charge in [-0.3, -0.25) is 4.79 Å². The first-order valence-electron chi connectivity index (χ1n) is 7.88. The molecule has 20 heavy (non-hydrogen) atoms. The lowest BCUT2D eigenvalue weighted by molar-refractivity contribution is 0.0964. The first-order valence-corrected chi connectivity index (χ1v) is 7.88. The van der Waals surface area contributed by atoms with Crippen molar-refractivity contribution in [2.45, 2.75) is 46.5 Å². The number of likely N-dealkylation sites (tertiary alicyclic amines) is 1. The van der Waals surface area contributed by atoms with Gasteiger partial charge in [0.05, 0.1) is 0 Å². The second-order valence-corrected chi connectivity index (χ2v) is 6.43. The number of carbonyl (C=O) groups is 1. The molecule has 1 fully saturated rings. The number of rotatable bonds is 4. The molecule has 1 heterocycles. The van der Waals surface area contributed by atoms with Crippen LogP contribution >= 0.6 is 0 Å². The minimum atomic E-state index is 0.286. The maximum absolute atomic E-state index is 12.3. The summed E-state index contributed by atoms with van der Waals surface area (Å²) in [7, 11) is 0. The number of nitrogens with zero attached hydrogens (tertiary/aromatic N) is 1. The Kier molecular flexibility index (Phi) is 5.36. The molecule has 1 unspecified atom stereocenters. The van der Waals surface area contributed by atoms with Crippen LogP contribution < -0.4 is 0 Å². The quantitative estimate of drug-likeness (QED) is 0.773. The summed E-state index contributed by atoms with van der Waals surface area (Å²) in [5, 5.41) is 0. The molecule has 0 N–H and O–H groups in total. The van der Waals surface area contributed by atoms with Gasteiger partial charge in [-0.25, -0.2) is 0 Å². The summed E-state index contributed by atoms with van der Waals surface area (Å²) in [4.78, 5) is 14.8. The van der Waals surface area contributed by atoms with Crippen molar-refractivity contribution >= 4 is 5.78 Å². The first kappa shape index (κ1) is 15.2. The van der Waals surface area contributed by atoms with Gasteiger partial charge in [0.15, 0.2) is 5.78 Å². The molecule has 0 bridgehead atoms. The molecule has 2 heteroatoms. The molecular formula is C18H27NO. The summed E-state index contributed by atoms with van der Waals surface area (Å²) in [6.45, 7) is 9.68. The fraction of sp³-hybridized carbons (Fsp3) is 0.611. The molecule has 1 aromatic carbocycles. The zero-order chi connectivity index (χ0) is 14.5. The van der Waals surface area contributed by atoms with Gasteiger partial charge in [0.2, 0.25) is 0 Å². The highest BCUT2D eigenvalue weighted by Gasteiger charge is 2.15. The Hall–Kier alpha value is -1.15. The fourth-order valence-corrected chi connectivity index (χ4v) is 3.09. The van der Waals surface area contributed by atoms with Crippen LogP contribution in [0, 0.1) is 19.8 Å². The van der Waals surface area contributed by atoms with Crippen molar-refractivity contribution in [1.29, 1.82) is 0 Å².